The van der Waals surface area contributed by atoms with Crippen molar-refractivity contribution in [3.05, 3.63) is 78.4 Å². The van der Waals surface area contributed by atoms with Crippen molar-refractivity contribution in [1.82, 2.24) is 0 Å². The summed E-state index contributed by atoms with van der Waals surface area (Å²) in [6.07, 6.45) is 3.36. The monoisotopic (exact) mass is 360 g/mol. The molecule has 0 fully saturated rings. The number of carbonyl (C=O) groups is 1. The Bertz CT molecular complexity index is 883. The van der Waals surface area contributed by atoms with Gasteiger partial charge < -0.3 is 9.84 Å². The minimum absolute atomic E-state index is 0.299. The smallest absolute Gasteiger partial charge is 0.336 e. The first-order valence-corrected chi connectivity index (χ1v) is 9.35. The van der Waals surface area contributed by atoms with Gasteiger partial charge in [-0.2, -0.15) is 0 Å². The fraction of sp³-hybridized carbons (Fsp3) is 0.208. The second kappa shape index (κ2) is 9.04. The zero-order valence-electron chi connectivity index (χ0n) is 15.5. The molecule has 0 aliphatic carbocycles. The summed E-state index contributed by atoms with van der Waals surface area (Å²) in [4.78, 5) is 11.8. The Morgan fingerprint density at radius 1 is 0.852 bits per heavy atom. The van der Waals surface area contributed by atoms with Gasteiger partial charge in [-0.05, 0) is 41.3 Å². The highest BCUT2D eigenvalue weighted by Gasteiger charge is 2.16. The van der Waals surface area contributed by atoms with Gasteiger partial charge in [0.1, 0.15) is 5.75 Å². The third-order valence-corrected chi connectivity index (χ3v) is 4.54. The van der Waals surface area contributed by atoms with Gasteiger partial charge in [-0.25, -0.2) is 4.79 Å². The number of benzene rings is 3. The van der Waals surface area contributed by atoms with E-state index in [1.807, 2.05) is 60.7 Å². The second-order valence-electron chi connectivity index (χ2n) is 6.48. The van der Waals surface area contributed by atoms with Gasteiger partial charge in [-0.3, -0.25) is 0 Å². The number of aromatic carboxylic acids is 1. The summed E-state index contributed by atoms with van der Waals surface area (Å²) in [5.74, 6) is -0.119. The van der Waals surface area contributed by atoms with Gasteiger partial charge in [-0.1, -0.05) is 74.4 Å². The molecule has 1 N–H and O–H groups in total. The topological polar surface area (TPSA) is 46.5 Å². The predicted molar refractivity (Wildman–Crippen MR) is 109 cm³/mol. The average Bonchev–Trinajstić information content (AvgIpc) is 2.72. The summed E-state index contributed by atoms with van der Waals surface area (Å²) in [6.45, 7) is 2.87. The zero-order chi connectivity index (χ0) is 19.1. The zero-order valence-corrected chi connectivity index (χ0v) is 15.5. The van der Waals surface area contributed by atoms with Crippen LogP contribution in [-0.2, 0) is 0 Å². The van der Waals surface area contributed by atoms with Gasteiger partial charge in [-0.15, -0.1) is 0 Å². The summed E-state index contributed by atoms with van der Waals surface area (Å²) < 4.78 is 5.78. The molecule has 0 bridgehead atoms. The SMILES string of the molecule is CCCCCOc1ccc(-c2c(C(=O)O)cccc2-c2ccccc2)cc1. The number of hydrogen-bond donors (Lipinski definition) is 1. The van der Waals surface area contributed by atoms with Crippen LogP contribution in [0.4, 0.5) is 0 Å². The Labute approximate surface area is 160 Å². The van der Waals surface area contributed by atoms with E-state index in [0.717, 1.165) is 47.3 Å². The molecule has 3 heteroatoms. The molecule has 0 heterocycles. The molecule has 3 nitrogen and oxygen atoms in total. The predicted octanol–water partition coefficient (Wildman–Crippen LogP) is 6.29. The second-order valence-corrected chi connectivity index (χ2v) is 6.48. The Balaban J connectivity index is 1.96. The maximum absolute atomic E-state index is 11.8. The number of ether oxygens (including phenoxy) is 1. The van der Waals surface area contributed by atoms with Crippen molar-refractivity contribution in [3.8, 4) is 28.0 Å². The van der Waals surface area contributed by atoms with E-state index in [0.29, 0.717) is 12.2 Å². The minimum atomic E-state index is -0.928. The third-order valence-electron chi connectivity index (χ3n) is 4.54. The molecular formula is C24H24O3. The van der Waals surface area contributed by atoms with Gasteiger partial charge >= 0.3 is 5.97 Å². The lowest BCUT2D eigenvalue weighted by Crippen LogP contribution is -2.01. The Morgan fingerprint density at radius 3 is 2.26 bits per heavy atom. The van der Waals surface area contributed by atoms with Crippen molar-refractivity contribution in [2.45, 2.75) is 26.2 Å². The van der Waals surface area contributed by atoms with E-state index in [-0.39, 0.29) is 0 Å². The van der Waals surface area contributed by atoms with Crippen LogP contribution >= 0.6 is 0 Å². The number of rotatable bonds is 8. The van der Waals surface area contributed by atoms with Crippen LogP contribution in [0.5, 0.6) is 5.75 Å². The van der Waals surface area contributed by atoms with Crippen molar-refractivity contribution in [2.75, 3.05) is 6.61 Å². The quantitative estimate of drug-likeness (QED) is 0.480. The maximum Gasteiger partial charge on any atom is 0.336 e. The molecule has 0 amide bonds. The third kappa shape index (κ3) is 4.56. The van der Waals surface area contributed by atoms with E-state index >= 15 is 0 Å². The summed E-state index contributed by atoms with van der Waals surface area (Å²) in [5, 5.41) is 9.69. The highest BCUT2D eigenvalue weighted by molar-refractivity contribution is 6.01. The average molecular weight is 360 g/mol. The lowest BCUT2D eigenvalue weighted by atomic mass is 9.90. The van der Waals surface area contributed by atoms with Crippen molar-refractivity contribution in [1.29, 1.82) is 0 Å². The Morgan fingerprint density at radius 2 is 1.59 bits per heavy atom. The van der Waals surface area contributed by atoms with Crippen molar-refractivity contribution >= 4 is 5.97 Å². The van der Waals surface area contributed by atoms with Gasteiger partial charge in [0.05, 0.1) is 12.2 Å². The highest BCUT2D eigenvalue weighted by atomic mass is 16.5. The highest BCUT2D eigenvalue weighted by Crippen LogP contribution is 2.35. The number of carboxylic acids is 1. The Hall–Kier alpha value is -3.07. The molecule has 0 unspecified atom stereocenters. The first-order valence-electron chi connectivity index (χ1n) is 9.35. The molecule has 0 aliphatic heterocycles. The molecule has 0 saturated heterocycles. The molecule has 0 aromatic heterocycles. The van der Waals surface area contributed by atoms with E-state index in [1.54, 1.807) is 12.1 Å². The van der Waals surface area contributed by atoms with E-state index in [1.165, 1.54) is 0 Å². The Kier molecular flexibility index (Phi) is 6.26. The summed E-state index contributed by atoms with van der Waals surface area (Å²) in [6, 6.07) is 23.0. The minimum Gasteiger partial charge on any atom is -0.494 e. The van der Waals surface area contributed by atoms with Crippen molar-refractivity contribution in [2.24, 2.45) is 0 Å². The fourth-order valence-electron chi connectivity index (χ4n) is 3.16. The van der Waals surface area contributed by atoms with Gasteiger partial charge in [0.15, 0.2) is 0 Å². The summed E-state index contributed by atoms with van der Waals surface area (Å²) in [7, 11) is 0. The molecule has 3 aromatic rings. The van der Waals surface area contributed by atoms with E-state index in [4.69, 9.17) is 4.74 Å². The van der Waals surface area contributed by atoms with Crippen LogP contribution in [0.3, 0.4) is 0 Å². The largest absolute Gasteiger partial charge is 0.494 e. The van der Waals surface area contributed by atoms with Gasteiger partial charge in [0.25, 0.3) is 0 Å². The number of unbranched alkanes of at least 4 members (excludes halogenated alkanes) is 2. The first-order chi connectivity index (χ1) is 13.2. The molecule has 0 aliphatic rings. The molecule has 0 spiro atoms. The molecule has 3 rings (SSSR count). The molecule has 0 radical (unpaired) electrons. The van der Waals surface area contributed by atoms with Crippen molar-refractivity contribution in [3.63, 3.8) is 0 Å². The van der Waals surface area contributed by atoms with Gasteiger partial charge in [0, 0.05) is 5.56 Å². The number of hydrogen-bond acceptors (Lipinski definition) is 2. The van der Waals surface area contributed by atoms with Crippen LogP contribution in [0, 0.1) is 0 Å². The lowest BCUT2D eigenvalue weighted by molar-refractivity contribution is 0.0698. The van der Waals surface area contributed by atoms with Gasteiger partial charge in [0.2, 0.25) is 0 Å². The molecular weight excluding hydrogens is 336 g/mol. The van der Waals surface area contributed by atoms with E-state index < -0.39 is 5.97 Å². The van der Waals surface area contributed by atoms with Crippen LogP contribution in [0.25, 0.3) is 22.3 Å². The molecule has 0 saturated carbocycles. The lowest BCUT2D eigenvalue weighted by Gasteiger charge is -2.14. The van der Waals surface area contributed by atoms with Crippen LogP contribution in [0.1, 0.15) is 36.5 Å². The molecule has 138 valence electrons. The fourth-order valence-corrected chi connectivity index (χ4v) is 3.16. The summed E-state index contributed by atoms with van der Waals surface area (Å²) >= 11 is 0. The number of carboxylic acid groups (broad SMARTS) is 1. The van der Waals surface area contributed by atoms with Crippen LogP contribution < -0.4 is 4.74 Å². The molecule has 3 aromatic carbocycles. The van der Waals surface area contributed by atoms with Crippen LogP contribution in [0.15, 0.2) is 72.8 Å². The molecule has 27 heavy (non-hydrogen) atoms. The first kappa shape index (κ1) is 18.7. The normalized spacial score (nSPS) is 10.6. The van der Waals surface area contributed by atoms with E-state index in [2.05, 4.69) is 6.92 Å². The van der Waals surface area contributed by atoms with Crippen molar-refractivity contribution < 1.29 is 14.6 Å². The standard InChI is InChI=1S/C24H24O3/c1-2-3-7-17-27-20-15-13-19(14-16-20)23-21(18-9-5-4-6-10-18)11-8-12-22(23)24(25)26/h4-6,8-16H,2-3,7,17H2,1H3,(H,25,26). The molecule has 0 atom stereocenters. The maximum atomic E-state index is 11.8. The van der Waals surface area contributed by atoms with Crippen LogP contribution in [-0.4, -0.2) is 17.7 Å². The summed E-state index contributed by atoms with van der Waals surface area (Å²) in [5.41, 5.74) is 3.80. The van der Waals surface area contributed by atoms with E-state index in [9.17, 15) is 9.90 Å². The van der Waals surface area contributed by atoms with Crippen LogP contribution in [0.2, 0.25) is 0 Å².